The highest BCUT2D eigenvalue weighted by molar-refractivity contribution is 5.45. The number of halogens is 1. The Bertz CT molecular complexity index is 396. The summed E-state index contributed by atoms with van der Waals surface area (Å²) in [5, 5.41) is 10.6. The fraction of sp³-hybridized carbons (Fsp3) is 0.400. The highest BCUT2D eigenvalue weighted by atomic mass is 19.1. The van der Waals surface area contributed by atoms with Crippen molar-refractivity contribution < 1.29 is 14.1 Å². The summed E-state index contributed by atoms with van der Waals surface area (Å²) in [7, 11) is 1.33. The predicted octanol–water partition coefficient (Wildman–Crippen LogP) is 1.63. The summed E-state index contributed by atoms with van der Waals surface area (Å²) in [6.45, 7) is 0.438. The minimum absolute atomic E-state index is 0.0547. The minimum atomic E-state index is -0.719. The molecule has 0 spiro atoms. The molecule has 0 amide bonds. The second-order valence-corrected chi connectivity index (χ2v) is 3.27. The van der Waals surface area contributed by atoms with Crippen LogP contribution >= 0.6 is 0 Å². The Balaban J connectivity index is 3.14. The molecular formula is C10H13FN2O3. The van der Waals surface area contributed by atoms with Gasteiger partial charge in [-0.05, 0) is 19.4 Å². The first-order valence-electron chi connectivity index (χ1n) is 4.81. The standard InChI is InChI=1S/C10H13FN2O3/c1-16-10-7(3-2-4-12)5-8(13(14)15)6-9(10)11/h5-6H,2-4,12H2,1H3. The van der Waals surface area contributed by atoms with Gasteiger partial charge in [0.2, 0.25) is 0 Å². The Labute approximate surface area is 92.2 Å². The lowest BCUT2D eigenvalue weighted by molar-refractivity contribution is -0.385. The molecule has 6 heteroatoms. The van der Waals surface area contributed by atoms with Crippen LogP contribution in [0.5, 0.6) is 5.75 Å². The van der Waals surface area contributed by atoms with Crippen molar-refractivity contribution >= 4 is 5.69 Å². The smallest absolute Gasteiger partial charge is 0.272 e. The molecular weight excluding hydrogens is 215 g/mol. The van der Waals surface area contributed by atoms with Crippen LogP contribution in [0.25, 0.3) is 0 Å². The second-order valence-electron chi connectivity index (χ2n) is 3.27. The van der Waals surface area contributed by atoms with Gasteiger partial charge in [-0.2, -0.15) is 0 Å². The Morgan fingerprint density at radius 1 is 1.56 bits per heavy atom. The molecule has 1 aromatic carbocycles. The van der Waals surface area contributed by atoms with Gasteiger partial charge < -0.3 is 10.5 Å². The third kappa shape index (κ3) is 2.66. The van der Waals surface area contributed by atoms with E-state index in [0.29, 0.717) is 24.9 Å². The zero-order chi connectivity index (χ0) is 12.1. The highest BCUT2D eigenvalue weighted by Gasteiger charge is 2.16. The molecule has 0 bridgehead atoms. The predicted molar refractivity (Wildman–Crippen MR) is 57.0 cm³/mol. The van der Waals surface area contributed by atoms with Gasteiger partial charge in [-0.15, -0.1) is 0 Å². The summed E-state index contributed by atoms with van der Waals surface area (Å²) in [6.07, 6.45) is 1.08. The first-order valence-corrected chi connectivity index (χ1v) is 4.81. The number of methoxy groups -OCH3 is 1. The van der Waals surface area contributed by atoms with Gasteiger partial charge in [-0.1, -0.05) is 0 Å². The maximum absolute atomic E-state index is 13.4. The molecule has 1 aromatic rings. The summed E-state index contributed by atoms with van der Waals surface area (Å²) in [5.41, 5.74) is 5.53. The third-order valence-corrected chi connectivity index (χ3v) is 2.17. The first kappa shape index (κ1) is 12.4. The van der Waals surface area contributed by atoms with E-state index in [1.807, 2.05) is 0 Å². The molecule has 16 heavy (non-hydrogen) atoms. The third-order valence-electron chi connectivity index (χ3n) is 2.17. The molecule has 0 saturated heterocycles. The van der Waals surface area contributed by atoms with E-state index in [4.69, 9.17) is 10.5 Å². The van der Waals surface area contributed by atoms with Crippen molar-refractivity contribution in [1.29, 1.82) is 0 Å². The molecule has 0 unspecified atom stereocenters. The number of aryl methyl sites for hydroxylation is 1. The maximum Gasteiger partial charge on any atom is 0.272 e. The van der Waals surface area contributed by atoms with Crippen molar-refractivity contribution in [3.63, 3.8) is 0 Å². The molecule has 0 heterocycles. The van der Waals surface area contributed by atoms with E-state index in [1.54, 1.807) is 0 Å². The molecule has 0 aromatic heterocycles. The lowest BCUT2D eigenvalue weighted by atomic mass is 10.1. The van der Waals surface area contributed by atoms with E-state index >= 15 is 0 Å². The van der Waals surface area contributed by atoms with E-state index < -0.39 is 10.7 Å². The fourth-order valence-electron chi connectivity index (χ4n) is 1.45. The monoisotopic (exact) mass is 228 g/mol. The molecule has 1 rings (SSSR count). The number of nitro groups is 1. The molecule has 0 saturated carbocycles. The number of rotatable bonds is 5. The van der Waals surface area contributed by atoms with Gasteiger partial charge in [0.25, 0.3) is 5.69 Å². The van der Waals surface area contributed by atoms with Crippen molar-refractivity contribution in [2.24, 2.45) is 5.73 Å². The molecule has 0 aliphatic heterocycles. The van der Waals surface area contributed by atoms with Crippen LogP contribution in [0.2, 0.25) is 0 Å². The van der Waals surface area contributed by atoms with Crippen LogP contribution < -0.4 is 10.5 Å². The van der Waals surface area contributed by atoms with Crippen molar-refractivity contribution in [1.82, 2.24) is 0 Å². The topological polar surface area (TPSA) is 78.4 Å². The van der Waals surface area contributed by atoms with Gasteiger partial charge in [0.05, 0.1) is 18.1 Å². The number of non-ortho nitro benzene ring substituents is 1. The molecule has 2 N–H and O–H groups in total. The van der Waals surface area contributed by atoms with Gasteiger partial charge in [0.15, 0.2) is 11.6 Å². The van der Waals surface area contributed by atoms with Gasteiger partial charge in [0.1, 0.15) is 0 Å². The van der Waals surface area contributed by atoms with Gasteiger partial charge >= 0.3 is 0 Å². The molecule has 0 aliphatic rings. The van der Waals surface area contributed by atoms with Crippen LogP contribution in [0.15, 0.2) is 12.1 Å². The summed E-state index contributed by atoms with van der Waals surface area (Å²) in [4.78, 5) is 9.92. The Morgan fingerprint density at radius 2 is 2.25 bits per heavy atom. The van der Waals surface area contributed by atoms with Gasteiger partial charge in [0, 0.05) is 11.6 Å². The Morgan fingerprint density at radius 3 is 2.75 bits per heavy atom. The number of ether oxygens (including phenoxy) is 1. The van der Waals surface area contributed by atoms with Crippen LogP contribution in [0, 0.1) is 15.9 Å². The number of nitrogens with two attached hydrogens (primary N) is 1. The van der Waals surface area contributed by atoms with Crippen LogP contribution in [0.3, 0.4) is 0 Å². The van der Waals surface area contributed by atoms with Crippen molar-refractivity contribution in [3.05, 3.63) is 33.6 Å². The number of hydrogen-bond donors (Lipinski definition) is 1. The second kappa shape index (κ2) is 5.41. The van der Waals surface area contributed by atoms with E-state index in [0.717, 1.165) is 6.07 Å². The lowest BCUT2D eigenvalue weighted by Gasteiger charge is -2.08. The van der Waals surface area contributed by atoms with E-state index in [-0.39, 0.29) is 11.4 Å². The van der Waals surface area contributed by atoms with Gasteiger partial charge in [-0.25, -0.2) is 4.39 Å². The lowest BCUT2D eigenvalue weighted by Crippen LogP contribution is -2.03. The Hall–Kier alpha value is -1.69. The summed E-state index contributed by atoms with van der Waals surface area (Å²) in [6, 6.07) is 2.17. The fourth-order valence-corrected chi connectivity index (χ4v) is 1.45. The molecule has 0 aliphatic carbocycles. The number of nitro benzene ring substituents is 1. The molecule has 0 fully saturated rings. The quantitative estimate of drug-likeness (QED) is 0.613. The van der Waals surface area contributed by atoms with E-state index in [1.165, 1.54) is 13.2 Å². The normalized spacial score (nSPS) is 10.2. The Kier molecular flexibility index (Phi) is 4.19. The van der Waals surface area contributed by atoms with Crippen molar-refractivity contribution in [2.45, 2.75) is 12.8 Å². The van der Waals surface area contributed by atoms with Crippen LogP contribution in [-0.2, 0) is 6.42 Å². The molecule has 0 atom stereocenters. The SMILES string of the molecule is COc1c(F)cc([N+](=O)[O-])cc1CCCN. The number of hydrogen-bond acceptors (Lipinski definition) is 4. The highest BCUT2D eigenvalue weighted by Crippen LogP contribution is 2.28. The maximum atomic E-state index is 13.4. The first-order chi connectivity index (χ1) is 7.60. The average molecular weight is 228 g/mol. The summed E-state index contributed by atoms with van der Waals surface area (Å²) >= 11 is 0. The minimum Gasteiger partial charge on any atom is -0.493 e. The summed E-state index contributed by atoms with van der Waals surface area (Å²) < 4.78 is 18.3. The van der Waals surface area contributed by atoms with Crippen LogP contribution in [0.1, 0.15) is 12.0 Å². The number of nitrogens with zero attached hydrogens (tertiary/aromatic N) is 1. The zero-order valence-electron chi connectivity index (χ0n) is 8.90. The van der Waals surface area contributed by atoms with Gasteiger partial charge in [-0.3, -0.25) is 10.1 Å². The average Bonchev–Trinajstić information content (AvgIpc) is 2.25. The van der Waals surface area contributed by atoms with E-state index in [9.17, 15) is 14.5 Å². The largest absolute Gasteiger partial charge is 0.493 e. The zero-order valence-corrected chi connectivity index (χ0v) is 8.90. The molecule has 0 radical (unpaired) electrons. The van der Waals surface area contributed by atoms with Crippen LogP contribution in [0.4, 0.5) is 10.1 Å². The van der Waals surface area contributed by atoms with E-state index in [2.05, 4.69) is 0 Å². The number of benzene rings is 1. The molecule has 88 valence electrons. The summed E-state index contributed by atoms with van der Waals surface area (Å²) in [5.74, 6) is -0.664. The van der Waals surface area contributed by atoms with Crippen LogP contribution in [-0.4, -0.2) is 18.6 Å². The van der Waals surface area contributed by atoms with Crippen molar-refractivity contribution in [3.8, 4) is 5.75 Å². The molecule has 5 nitrogen and oxygen atoms in total. The van der Waals surface area contributed by atoms with Crippen molar-refractivity contribution in [2.75, 3.05) is 13.7 Å².